The van der Waals surface area contributed by atoms with Crippen molar-refractivity contribution in [3.8, 4) is 11.5 Å². The molecule has 29 heavy (non-hydrogen) atoms. The molecule has 0 aliphatic carbocycles. The lowest BCUT2D eigenvalue weighted by Crippen LogP contribution is -2.36. The molecule has 8 nitrogen and oxygen atoms in total. The van der Waals surface area contributed by atoms with Crippen LogP contribution in [0.5, 0.6) is 11.5 Å². The van der Waals surface area contributed by atoms with Gasteiger partial charge in [-0.05, 0) is 19.3 Å². The third-order valence-electron chi connectivity index (χ3n) is 4.46. The minimum Gasteiger partial charge on any atom is -0.493 e. The van der Waals surface area contributed by atoms with Crippen LogP contribution in [0.25, 0.3) is 0 Å². The average molecular weight is 473 g/mol. The van der Waals surface area contributed by atoms with Crippen LogP contribution in [0.1, 0.15) is 56.3 Å². The molecule has 1 aliphatic heterocycles. The molecule has 1 atom stereocenters. The lowest BCUT2D eigenvalue weighted by atomic mass is 10.1. The van der Waals surface area contributed by atoms with Crippen molar-refractivity contribution in [1.82, 2.24) is 4.90 Å². The van der Waals surface area contributed by atoms with E-state index in [4.69, 9.17) is 9.47 Å². The van der Waals surface area contributed by atoms with Crippen molar-refractivity contribution >= 4 is 33.8 Å². The van der Waals surface area contributed by atoms with Gasteiger partial charge in [0.1, 0.15) is 11.8 Å². The molecule has 9 heteroatoms. The number of nitro benzene ring substituents is 1. The summed E-state index contributed by atoms with van der Waals surface area (Å²) in [5.74, 6) is -0.1000. The molecule has 0 aromatic heterocycles. The Hall–Kier alpha value is -2.16. The summed E-state index contributed by atoms with van der Waals surface area (Å²) in [4.78, 5) is 36.0. The van der Waals surface area contributed by atoms with E-state index in [0.717, 1.165) is 5.33 Å². The van der Waals surface area contributed by atoms with E-state index >= 15 is 0 Å². The first kappa shape index (κ1) is 24.9. The molecular weight excluding hydrogens is 444 g/mol. The Bertz CT molecular complexity index is 696. The molecule has 162 valence electrons. The summed E-state index contributed by atoms with van der Waals surface area (Å²) in [5.41, 5.74) is -0.473. The first-order valence-corrected chi connectivity index (χ1v) is 10.9. The van der Waals surface area contributed by atoms with Crippen molar-refractivity contribution in [2.75, 3.05) is 25.6 Å². The van der Waals surface area contributed by atoms with Crippen molar-refractivity contribution in [3.63, 3.8) is 0 Å². The van der Waals surface area contributed by atoms with Gasteiger partial charge in [-0.2, -0.15) is 0 Å². The van der Waals surface area contributed by atoms with Gasteiger partial charge in [-0.15, -0.1) is 0 Å². The average Bonchev–Trinajstić information content (AvgIpc) is 3.22. The van der Waals surface area contributed by atoms with Gasteiger partial charge in [0.05, 0.1) is 30.7 Å². The van der Waals surface area contributed by atoms with Crippen LogP contribution in [0.15, 0.2) is 12.1 Å². The number of rotatable bonds is 9. The van der Waals surface area contributed by atoms with E-state index in [1.807, 2.05) is 0 Å². The zero-order chi connectivity index (χ0) is 21.8. The van der Waals surface area contributed by atoms with Crippen molar-refractivity contribution in [2.24, 2.45) is 0 Å². The predicted octanol–water partition coefficient (Wildman–Crippen LogP) is 4.38. The summed E-state index contributed by atoms with van der Waals surface area (Å²) in [5, 5.41) is 12.2. The highest BCUT2D eigenvalue weighted by Gasteiger charge is 2.34. The summed E-state index contributed by atoms with van der Waals surface area (Å²) in [6.45, 7) is 5.11. The summed E-state index contributed by atoms with van der Waals surface area (Å²) in [6.07, 6.45) is 5.31. The van der Waals surface area contributed by atoms with Crippen LogP contribution in [0, 0.1) is 10.1 Å². The number of ether oxygens (including phenoxy) is 2. The molecule has 1 aromatic rings. The summed E-state index contributed by atoms with van der Waals surface area (Å²) in [6, 6.07) is 1.96. The number of methoxy groups -OCH3 is 1. The van der Waals surface area contributed by atoms with Crippen LogP contribution >= 0.6 is 15.9 Å². The van der Waals surface area contributed by atoms with Crippen molar-refractivity contribution in [2.45, 2.75) is 52.0 Å². The maximum Gasteiger partial charge on any atom is 0.286 e. The fourth-order valence-electron chi connectivity index (χ4n) is 2.72. The minimum atomic E-state index is -0.629. The molecule has 2 rings (SSSR count). The smallest absolute Gasteiger partial charge is 0.286 e. The Balaban J connectivity index is 0.000000960. The van der Waals surface area contributed by atoms with E-state index < -0.39 is 16.9 Å². The quantitative estimate of drug-likeness (QED) is 0.174. The van der Waals surface area contributed by atoms with Gasteiger partial charge in [0.2, 0.25) is 0 Å². The highest BCUT2D eigenvalue weighted by atomic mass is 79.9. The van der Waals surface area contributed by atoms with Gasteiger partial charge in [0.25, 0.3) is 11.6 Å². The van der Waals surface area contributed by atoms with Crippen LogP contribution in [0.3, 0.4) is 0 Å². The molecule has 1 fully saturated rings. The normalized spacial score (nSPS) is 15.3. The van der Waals surface area contributed by atoms with Crippen molar-refractivity contribution < 1.29 is 24.0 Å². The van der Waals surface area contributed by atoms with E-state index in [1.54, 1.807) is 0 Å². The third kappa shape index (κ3) is 6.99. The Morgan fingerprint density at radius 3 is 2.55 bits per heavy atom. The first-order valence-electron chi connectivity index (χ1n) is 9.76. The molecule has 0 spiro atoms. The molecule has 0 N–H and O–H groups in total. The third-order valence-corrected chi connectivity index (χ3v) is 5.02. The standard InChI is InChI=1S/C16H19BrN2O6.C4H10/c1-24-14-8-12(16(21)18-6-2-4-11(18)10-20)13(19(22)23)9-15(14)25-7-3-5-17;1-3-4-2/h8-11H,2-7H2,1H3;3-4H2,1-2H3/t11-;/m0./s1. The van der Waals surface area contributed by atoms with Gasteiger partial charge in [-0.1, -0.05) is 42.6 Å². The number of carbonyl (C=O) groups excluding carboxylic acids is 2. The number of hydrogen-bond acceptors (Lipinski definition) is 6. The minimum absolute atomic E-state index is 0.108. The van der Waals surface area contributed by atoms with Crippen LogP contribution in [-0.4, -0.2) is 53.6 Å². The zero-order valence-electron chi connectivity index (χ0n) is 17.2. The number of aldehydes is 1. The van der Waals surface area contributed by atoms with Crippen molar-refractivity contribution in [3.05, 3.63) is 27.8 Å². The van der Waals surface area contributed by atoms with Crippen LogP contribution in [-0.2, 0) is 4.79 Å². The lowest BCUT2D eigenvalue weighted by Gasteiger charge is -2.21. The summed E-state index contributed by atoms with van der Waals surface area (Å²) >= 11 is 3.28. The zero-order valence-corrected chi connectivity index (χ0v) is 18.8. The van der Waals surface area contributed by atoms with Gasteiger partial charge in [0, 0.05) is 17.9 Å². The maximum atomic E-state index is 12.7. The Morgan fingerprint density at radius 1 is 1.34 bits per heavy atom. The topological polar surface area (TPSA) is 99.0 Å². The molecule has 1 aliphatic rings. The number of carbonyl (C=O) groups is 2. The second-order valence-corrected chi connectivity index (χ2v) is 7.31. The largest absolute Gasteiger partial charge is 0.493 e. The predicted molar refractivity (Wildman–Crippen MR) is 114 cm³/mol. The first-order chi connectivity index (χ1) is 13.9. The summed E-state index contributed by atoms with van der Waals surface area (Å²) in [7, 11) is 1.40. The number of nitro groups is 1. The maximum absolute atomic E-state index is 12.7. The van der Waals surface area contributed by atoms with Crippen LogP contribution < -0.4 is 9.47 Å². The molecular formula is C20H29BrN2O6. The highest BCUT2D eigenvalue weighted by molar-refractivity contribution is 9.09. The van der Waals surface area contributed by atoms with E-state index in [-0.39, 0.29) is 22.7 Å². The summed E-state index contributed by atoms with van der Waals surface area (Å²) < 4.78 is 10.7. The van der Waals surface area contributed by atoms with Gasteiger partial charge in [0.15, 0.2) is 11.5 Å². The SMILES string of the molecule is CCCC.COc1cc(C(=O)N2CCC[C@H]2C=O)c([N+](=O)[O-])cc1OCCCBr. The number of hydrogen-bond donors (Lipinski definition) is 0. The molecule has 0 bridgehead atoms. The molecule has 1 heterocycles. The van der Waals surface area contributed by atoms with Crippen molar-refractivity contribution in [1.29, 1.82) is 0 Å². The van der Waals surface area contributed by atoms with E-state index in [0.29, 0.717) is 38.7 Å². The second-order valence-electron chi connectivity index (χ2n) is 6.51. The second kappa shape index (κ2) is 13.1. The highest BCUT2D eigenvalue weighted by Crippen LogP contribution is 2.36. The molecule has 1 saturated heterocycles. The molecule has 1 amide bonds. The Morgan fingerprint density at radius 2 is 2.03 bits per heavy atom. The van der Waals surface area contributed by atoms with Gasteiger partial charge in [-0.3, -0.25) is 14.9 Å². The van der Waals surface area contributed by atoms with Gasteiger partial charge >= 0.3 is 0 Å². The monoisotopic (exact) mass is 472 g/mol. The number of alkyl halides is 1. The molecule has 0 saturated carbocycles. The van der Waals surface area contributed by atoms with Gasteiger partial charge in [-0.25, -0.2) is 0 Å². The number of amides is 1. The van der Waals surface area contributed by atoms with E-state index in [1.165, 1.54) is 37.0 Å². The number of benzene rings is 1. The van der Waals surface area contributed by atoms with Crippen LogP contribution in [0.4, 0.5) is 5.69 Å². The Labute approximate surface area is 179 Å². The number of unbranched alkanes of at least 4 members (excludes halogenated alkanes) is 1. The number of halogens is 1. The van der Waals surface area contributed by atoms with Crippen LogP contribution in [0.2, 0.25) is 0 Å². The molecule has 0 unspecified atom stereocenters. The molecule has 1 aromatic carbocycles. The van der Waals surface area contributed by atoms with E-state index in [9.17, 15) is 19.7 Å². The van der Waals surface area contributed by atoms with E-state index in [2.05, 4.69) is 29.8 Å². The molecule has 0 radical (unpaired) electrons. The fourth-order valence-corrected chi connectivity index (χ4v) is 2.95. The number of nitrogens with zero attached hydrogens (tertiary/aromatic N) is 2. The van der Waals surface area contributed by atoms with Gasteiger partial charge < -0.3 is 19.2 Å². The lowest BCUT2D eigenvalue weighted by molar-refractivity contribution is -0.385. The Kier molecular flexibility index (Phi) is 11.3. The fraction of sp³-hybridized carbons (Fsp3) is 0.600. The number of likely N-dealkylation sites (tertiary alicyclic amines) is 1.